The predicted molar refractivity (Wildman–Crippen MR) is 94.8 cm³/mol. The number of amides is 1. The number of alkyl halides is 3. The molecular formula is C18H12F3N6O2+. The summed E-state index contributed by atoms with van der Waals surface area (Å²) in [7, 11) is 0. The van der Waals surface area contributed by atoms with Gasteiger partial charge in [-0.3, -0.25) is 4.79 Å². The summed E-state index contributed by atoms with van der Waals surface area (Å²) < 4.78 is 41.9. The molecule has 0 aliphatic carbocycles. The van der Waals surface area contributed by atoms with E-state index < -0.39 is 12.3 Å². The number of carbonyl (C=O) groups is 1. The normalized spacial score (nSPS) is 11.3. The number of hydrogen-bond donors (Lipinski definition) is 1. The van der Waals surface area contributed by atoms with Crippen LogP contribution in [0.15, 0.2) is 66.0 Å². The van der Waals surface area contributed by atoms with Gasteiger partial charge in [0.25, 0.3) is 0 Å². The van der Waals surface area contributed by atoms with E-state index in [1.807, 2.05) is 0 Å². The average molecular weight is 401 g/mol. The van der Waals surface area contributed by atoms with Crippen LogP contribution < -0.4 is 9.65 Å². The molecule has 0 bridgehead atoms. The van der Waals surface area contributed by atoms with Crippen molar-refractivity contribution in [3.8, 4) is 22.8 Å². The van der Waals surface area contributed by atoms with Crippen LogP contribution in [-0.2, 0) is 4.79 Å². The van der Waals surface area contributed by atoms with Crippen molar-refractivity contribution in [1.82, 2.24) is 19.7 Å². The van der Waals surface area contributed by atoms with E-state index in [1.165, 1.54) is 47.4 Å². The SMILES string of the molecule is N=[N+]=NC(=O)/C=C/c1ccc(-c2ncn(-c3ccc(OC(F)(F)F)cc3)n2)cc1. The number of aromatic nitrogens is 3. The second-order valence-corrected chi connectivity index (χ2v) is 5.55. The Hall–Kier alpha value is -4.11. The third-order valence-corrected chi connectivity index (χ3v) is 3.56. The van der Waals surface area contributed by atoms with Gasteiger partial charge in [0, 0.05) is 11.6 Å². The number of carbonyl (C=O) groups excluding carboxylic acids is 1. The Morgan fingerprint density at radius 3 is 2.45 bits per heavy atom. The van der Waals surface area contributed by atoms with E-state index in [2.05, 4.69) is 24.8 Å². The first-order chi connectivity index (χ1) is 13.8. The third-order valence-electron chi connectivity index (χ3n) is 3.56. The van der Waals surface area contributed by atoms with Crippen molar-refractivity contribution in [3.63, 3.8) is 0 Å². The maximum Gasteiger partial charge on any atom is 0.573 e. The molecule has 0 fully saturated rings. The van der Waals surface area contributed by atoms with Gasteiger partial charge in [-0.15, -0.1) is 18.3 Å². The van der Waals surface area contributed by atoms with Gasteiger partial charge in [0.1, 0.15) is 17.6 Å². The van der Waals surface area contributed by atoms with Crippen LogP contribution in [-0.4, -0.2) is 27.0 Å². The van der Waals surface area contributed by atoms with Crippen molar-refractivity contribution in [2.24, 2.45) is 5.11 Å². The fraction of sp³-hybridized carbons (Fsp3) is 0.0556. The fourth-order valence-corrected chi connectivity index (χ4v) is 2.31. The van der Waals surface area contributed by atoms with Crippen molar-refractivity contribution in [1.29, 1.82) is 5.53 Å². The zero-order valence-electron chi connectivity index (χ0n) is 14.5. The van der Waals surface area contributed by atoms with Crippen LogP contribution in [0.3, 0.4) is 0 Å². The molecule has 0 unspecified atom stereocenters. The molecule has 1 aromatic heterocycles. The van der Waals surface area contributed by atoms with Crippen molar-refractivity contribution in [2.75, 3.05) is 0 Å². The van der Waals surface area contributed by atoms with Gasteiger partial charge in [0.05, 0.1) is 5.69 Å². The smallest absolute Gasteiger partial charge is 0.406 e. The third kappa shape index (κ3) is 5.44. The van der Waals surface area contributed by atoms with E-state index in [0.29, 0.717) is 17.1 Å². The van der Waals surface area contributed by atoms with Crippen LogP contribution in [0.1, 0.15) is 5.56 Å². The van der Waals surface area contributed by atoms with Gasteiger partial charge in [-0.1, -0.05) is 24.3 Å². The molecule has 11 heteroatoms. The van der Waals surface area contributed by atoms with Crippen molar-refractivity contribution in [3.05, 3.63) is 66.5 Å². The van der Waals surface area contributed by atoms with Crippen LogP contribution in [0.5, 0.6) is 5.75 Å². The summed E-state index contributed by atoms with van der Waals surface area (Å²) >= 11 is 0. The summed E-state index contributed by atoms with van der Waals surface area (Å²) in [6, 6.07) is 12.2. The van der Waals surface area contributed by atoms with Crippen LogP contribution in [0, 0.1) is 5.53 Å². The molecule has 146 valence electrons. The summed E-state index contributed by atoms with van der Waals surface area (Å²) in [5.74, 6) is -0.556. The fourth-order valence-electron chi connectivity index (χ4n) is 2.31. The van der Waals surface area contributed by atoms with Gasteiger partial charge < -0.3 is 4.74 Å². The highest BCUT2D eigenvalue weighted by Crippen LogP contribution is 2.24. The molecule has 0 atom stereocenters. The maximum atomic E-state index is 12.2. The summed E-state index contributed by atoms with van der Waals surface area (Å²) in [5, 5.41) is 7.34. The lowest BCUT2D eigenvalue weighted by molar-refractivity contribution is -0.274. The molecule has 1 amide bonds. The monoisotopic (exact) mass is 401 g/mol. The zero-order valence-corrected chi connectivity index (χ0v) is 14.5. The highest BCUT2D eigenvalue weighted by molar-refractivity contribution is 5.91. The first-order valence-electron chi connectivity index (χ1n) is 8.02. The molecule has 3 rings (SSSR count). The highest BCUT2D eigenvalue weighted by Gasteiger charge is 2.30. The van der Waals surface area contributed by atoms with Crippen LogP contribution in [0.2, 0.25) is 0 Å². The molecule has 2 aromatic carbocycles. The van der Waals surface area contributed by atoms with E-state index in [4.69, 9.17) is 5.53 Å². The van der Waals surface area contributed by atoms with Gasteiger partial charge in [0.15, 0.2) is 5.82 Å². The maximum absolute atomic E-state index is 12.2. The lowest BCUT2D eigenvalue weighted by Crippen LogP contribution is -2.17. The van der Waals surface area contributed by atoms with Crippen molar-refractivity contribution >= 4 is 12.0 Å². The molecule has 3 aromatic rings. The van der Waals surface area contributed by atoms with Gasteiger partial charge in [-0.05, 0) is 35.9 Å². The molecule has 0 aliphatic heterocycles. The first-order valence-corrected chi connectivity index (χ1v) is 8.02. The van der Waals surface area contributed by atoms with Gasteiger partial charge >= 0.3 is 12.3 Å². The second-order valence-electron chi connectivity index (χ2n) is 5.55. The number of nitrogens with zero attached hydrogens (tertiary/aromatic N) is 5. The van der Waals surface area contributed by atoms with Crippen LogP contribution in [0.4, 0.5) is 13.2 Å². The Morgan fingerprint density at radius 2 is 1.83 bits per heavy atom. The Labute approximate surface area is 161 Å². The lowest BCUT2D eigenvalue weighted by Gasteiger charge is -2.09. The summed E-state index contributed by atoms with van der Waals surface area (Å²) in [6.07, 6.45) is -0.598. The number of ether oxygens (including phenoxy) is 1. The summed E-state index contributed by atoms with van der Waals surface area (Å²) in [5.41, 5.74) is 8.43. The van der Waals surface area contributed by atoms with Crippen LogP contribution in [0.25, 0.3) is 23.2 Å². The molecule has 29 heavy (non-hydrogen) atoms. The average Bonchev–Trinajstić information content (AvgIpc) is 3.16. The molecule has 0 saturated heterocycles. The summed E-state index contributed by atoms with van der Waals surface area (Å²) in [4.78, 5) is 18.0. The van der Waals surface area contributed by atoms with Gasteiger partial charge in [-0.2, -0.15) is 0 Å². The highest BCUT2D eigenvalue weighted by atomic mass is 19.4. The quantitative estimate of drug-likeness (QED) is 0.397. The van der Waals surface area contributed by atoms with E-state index in [-0.39, 0.29) is 5.75 Å². The Balaban J connectivity index is 1.73. The van der Waals surface area contributed by atoms with Crippen molar-refractivity contribution < 1.29 is 22.7 Å². The Morgan fingerprint density at radius 1 is 1.14 bits per heavy atom. The minimum atomic E-state index is -4.75. The number of benzene rings is 2. The molecule has 0 aliphatic rings. The predicted octanol–water partition coefficient (Wildman–Crippen LogP) is 3.92. The molecular weight excluding hydrogens is 389 g/mol. The lowest BCUT2D eigenvalue weighted by atomic mass is 10.1. The minimum Gasteiger partial charge on any atom is -0.406 e. The second kappa shape index (κ2) is 8.28. The number of rotatable bonds is 5. The molecule has 0 saturated carbocycles. The van der Waals surface area contributed by atoms with E-state index in [1.54, 1.807) is 24.3 Å². The molecule has 0 spiro atoms. The van der Waals surface area contributed by atoms with Crippen LogP contribution >= 0.6 is 0 Å². The van der Waals surface area contributed by atoms with E-state index in [9.17, 15) is 18.0 Å². The van der Waals surface area contributed by atoms with E-state index >= 15 is 0 Å². The summed E-state index contributed by atoms with van der Waals surface area (Å²) in [6.45, 7) is 0. The first kappa shape index (κ1) is 19.6. The van der Waals surface area contributed by atoms with Gasteiger partial charge in [0.2, 0.25) is 10.0 Å². The number of nitrogens with one attached hydrogen (secondary N) is 1. The molecule has 0 radical (unpaired) electrons. The Kier molecular flexibility index (Phi) is 5.61. The largest absolute Gasteiger partial charge is 0.573 e. The zero-order chi connectivity index (χ0) is 20.9. The molecule has 8 nitrogen and oxygen atoms in total. The molecule has 1 N–H and O–H groups in total. The Bertz CT molecular complexity index is 1080. The molecule has 1 heterocycles. The number of hydrogen-bond acceptors (Lipinski definition) is 5. The topological polar surface area (TPSA) is 107 Å². The number of halogens is 3. The minimum absolute atomic E-state index is 0.326. The van der Waals surface area contributed by atoms with Gasteiger partial charge in [-0.25, -0.2) is 9.67 Å². The van der Waals surface area contributed by atoms with E-state index in [0.717, 1.165) is 5.56 Å². The standard InChI is InChI=1S/C18H12F3N6O2/c19-18(20,21)29-15-8-6-14(7-9-15)27-11-23-17(25-27)13-4-1-12(2-5-13)3-10-16(28)24-26-22/h1-11,22H/q+1/b10-3+. The van der Waals surface area contributed by atoms with Crippen molar-refractivity contribution in [2.45, 2.75) is 6.36 Å².